The second kappa shape index (κ2) is 5.54. The van der Waals surface area contributed by atoms with Gasteiger partial charge in [0.05, 0.1) is 12.7 Å². The summed E-state index contributed by atoms with van der Waals surface area (Å²) in [5, 5.41) is 0. The van der Waals surface area contributed by atoms with Gasteiger partial charge in [-0.3, -0.25) is 19.1 Å². The van der Waals surface area contributed by atoms with Gasteiger partial charge >= 0.3 is 8.25 Å². The van der Waals surface area contributed by atoms with Crippen molar-refractivity contribution in [2.45, 2.75) is 18.8 Å². The van der Waals surface area contributed by atoms with Gasteiger partial charge in [-0.15, -0.1) is 9.42 Å². The predicted molar refractivity (Wildman–Crippen MR) is 71.9 cm³/mol. The van der Waals surface area contributed by atoms with Gasteiger partial charge in [-0.25, -0.2) is 4.98 Å². The van der Waals surface area contributed by atoms with Crippen molar-refractivity contribution in [1.82, 2.24) is 19.5 Å². The minimum absolute atomic E-state index is 0.00389. The third-order valence-corrected chi connectivity index (χ3v) is 3.52. The van der Waals surface area contributed by atoms with Crippen molar-refractivity contribution < 1.29 is 23.5 Å². The van der Waals surface area contributed by atoms with Crippen LogP contribution in [0.2, 0.25) is 0 Å². The Morgan fingerprint density at radius 2 is 2.36 bits per heavy atom. The van der Waals surface area contributed by atoms with Crippen molar-refractivity contribution in [3.05, 3.63) is 16.7 Å². The number of hydrogen-bond acceptors (Lipinski definition) is 8. The highest BCUT2D eigenvalue weighted by molar-refractivity contribution is 7.32. The largest absolute Gasteiger partial charge is 0.694 e. The highest BCUT2D eigenvalue weighted by atomic mass is 31.1. The molecule has 11 nitrogen and oxygen atoms in total. The summed E-state index contributed by atoms with van der Waals surface area (Å²) in [6, 6.07) is 0. The molecule has 3 heterocycles. The van der Waals surface area contributed by atoms with Crippen LogP contribution in [-0.2, 0) is 18.6 Å². The number of ether oxygens (including phenoxy) is 1. The fourth-order valence-corrected chi connectivity index (χ4v) is 2.46. The van der Waals surface area contributed by atoms with Gasteiger partial charge in [0.15, 0.2) is 16.9 Å². The van der Waals surface area contributed by atoms with E-state index in [-0.39, 0.29) is 35.9 Å². The van der Waals surface area contributed by atoms with Crippen LogP contribution in [0.3, 0.4) is 0 Å². The van der Waals surface area contributed by atoms with E-state index in [1.807, 2.05) is 0 Å². The molecule has 22 heavy (non-hydrogen) atoms. The van der Waals surface area contributed by atoms with Crippen LogP contribution in [0.25, 0.3) is 11.2 Å². The maximum Gasteiger partial charge on any atom is 0.694 e. The van der Waals surface area contributed by atoms with Crippen LogP contribution < -0.4 is 11.3 Å². The maximum atomic E-state index is 11.8. The molecule has 3 atom stereocenters. The van der Waals surface area contributed by atoms with Gasteiger partial charge in [-0.2, -0.15) is 4.98 Å². The zero-order valence-electron chi connectivity index (χ0n) is 11.0. The number of ketones is 1. The molecule has 1 aliphatic heterocycles. The van der Waals surface area contributed by atoms with E-state index in [1.54, 1.807) is 0 Å². The van der Waals surface area contributed by atoms with E-state index in [0.29, 0.717) is 0 Å². The standard InChI is InChI=1S/C10H10N5O6P/c11-10-13-8-7(9(17)14-10)12-3-15(8)6-1-4(16)5(21-6)2-20-22(18)19/h3,5-6H,1-2H2,(H3-,11,13,14,17,18,19)/p+1. The molecule has 0 aliphatic carbocycles. The van der Waals surface area contributed by atoms with E-state index in [0.717, 1.165) is 0 Å². The number of rotatable bonds is 4. The number of H-pyrrole nitrogens is 1. The molecule has 0 spiro atoms. The number of aromatic amines is 1. The number of carbonyl (C=O) groups excluding carboxylic acids is 1. The molecule has 3 rings (SSSR count). The first-order chi connectivity index (χ1) is 10.5. The smallest absolute Gasteiger partial charge is 0.369 e. The Kier molecular flexibility index (Phi) is 3.71. The van der Waals surface area contributed by atoms with E-state index in [1.165, 1.54) is 10.9 Å². The van der Waals surface area contributed by atoms with Gasteiger partial charge in [-0.1, -0.05) is 0 Å². The monoisotopic (exact) mass is 328 g/mol. The number of Topliss-reactive ketones (excluding diaryl/α,β-unsaturated/α-hetero) is 1. The van der Waals surface area contributed by atoms with Crippen LogP contribution in [0.1, 0.15) is 12.6 Å². The topological polar surface area (TPSA) is 162 Å². The van der Waals surface area contributed by atoms with Crippen molar-refractivity contribution in [3.63, 3.8) is 0 Å². The minimum Gasteiger partial charge on any atom is -0.369 e. The van der Waals surface area contributed by atoms with Crippen LogP contribution in [0.4, 0.5) is 5.95 Å². The average Bonchev–Trinajstić information content (AvgIpc) is 3.00. The van der Waals surface area contributed by atoms with Gasteiger partial charge in [0, 0.05) is 4.57 Å². The van der Waals surface area contributed by atoms with Gasteiger partial charge < -0.3 is 10.5 Å². The highest BCUT2D eigenvalue weighted by Gasteiger charge is 2.37. The summed E-state index contributed by atoms with van der Waals surface area (Å²) in [6.07, 6.45) is -0.389. The molecule has 2 aromatic rings. The summed E-state index contributed by atoms with van der Waals surface area (Å²) in [5.74, 6) is -0.373. The van der Waals surface area contributed by atoms with Crippen LogP contribution in [0, 0.1) is 0 Å². The number of fused-ring (bicyclic) bond motifs is 1. The first-order valence-electron chi connectivity index (χ1n) is 6.15. The molecule has 3 unspecified atom stereocenters. The molecule has 1 saturated heterocycles. The summed E-state index contributed by atoms with van der Waals surface area (Å²) < 4.78 is 21.9. The van der Waals surface area contributed by atoms with Crippen molar-refractivity contribution >= 4 is 31.2 Å². The molecule has 0 aromatic carbocycles. The van der Waals surface area contributed by atoms with Gasteiger partial charge in [0.2, 0.25) is 5.95 Å². The van der Waals surface area contributed by atoms with E-state index in [2.05, 4.69) is 19.5 Å². The number of nitrogens with zero attached hydrogens (tertiary/aromatic N) is 3. The molecule has 0 bridgehead atoms. The Morgan fingerprint density at radius 1 is 1.59 bits per heavy atom. The fourth-order valence-electron chi connectivity index (χ4n) is 2.20. The van der Waals surface area contributed by atoms with Crippen LogP contribution in [0.5, 0.6) is 0 Å². The minimum atomic E-state index is -2.81. The third kappa shape index (κ3) is 2.62. The number of anilines is 1. The van der Waals surface area contributed by atoms with E-state index in [9.17, 15) is 14.2 Å². The first-order valence-corrected chi connectivity index (χ1v) is 7.28. The van der Waals surface area contributed by atoms with Gasteiger partial charge in [0.1, 0.15) is 18.9 Å². The molecular formula is C10H11N5O6P+. The summed E-state index contributed by atoms with van der Waals surface area (Å²) >= 11 is 0. The molecule has 0 amide bonds. The van der Waals surface area contributed by atoms with E-state index < -0.39 is 26.1 Å². The molecule has 4 N–H and O–H groups in total. The van der Waals surface area contributed by atoms with Crippen molar-refractivity contribution in [3.8, 4) is 0 Å². The number of nitrogens with one attached hydrogen (secondary N) is 1. The van der Waals surface area contributed by atoms with Crippen LogP contribution in [0.15, 0.2) is 11.1 Å². The Labute approximate surface area is 123 Å². The van der Waals surface area contributed by atoms with Crippen molar-refractivity contribution in [2.75, 3.05) is 12.3 Å². The molecule has 1 aliphatic rings. The quantitative estimate of drug-likeness (QED) is 0.611. The average molecular weight is 328 g/mol. The Hall–Kier alpha value is -2.20. The second-order valence-electron chi connectivity index (χ2n) is 4.56. The van der Waals surface area contributed by atoms with Gasteiger partial charge in [0.25, 0.3) is 5.56 Å². The summed E-state index contributed by atoms with van der Waals surface area (Å²) in [7, 11) is -2.81. The summed E-state index contributed by atoms with van der Waals surface area (Å²) in [5.41, 5.74) is 5.26. The van der Waals surface area contributed by atoms with Crippen molar-refractivity contribution in [1.29, 1.82) is 0 Å². The molecule has 0 saturated carbocycles. The number of imidazole rings is 1. The van der Waals surface area contributed by atoms with Crippen LogP contribution >= 0.6 is 8.25 Å². The summed E-state index contributed by atoms with van der Waals surface area (Å²) in [4.78, 5) is 42.3. The number of carbonyl (C=O) groups is 1. The number of nitrogens with two attached hydrogens (primary N) is 1. The molecule has 12 heteroatoms. The van der Waals surface area contributed by atoms with Crippen molar-refractivity contribution in [2.24, 2.45) is 0 Å². The lowest BCUT2D eigenvalue weighted by Crippen LogP contribution is -2.21. The number of aromatic nitrogens is 4. The zero-order chi connectivity index (χ0) is 15.9. The molecule has 0 radical (unpaired) electrons. The van der Waals surface area contributed by atoms with E-state index >= 15 is 0 Å². The summed E-state index contributed by atoms with van der Waals surface area (Å²) in [6.45, 7) is -0.330. The zero-order valence-corrected chi connectivity index (χ0v) is 11.9. The maximum absolute atomic E-state index is 11.8. The predicted octanol–water partition coefficient (Wildman–Crippen LogP) is -0.775. The number of hydrogen-bond donors (Lipinski definition) is 3. The molecule has 2 aromatic heterocycles. The lowest BCUT2D eigenvalue weighted by Gasteiger charge is -2.12. The lowest BCUT2D eigenvalue weighted by atomic mass is 10.2. The molecule has 116 valence electrons. The first kappa shape index (κ1) is 14.7. The fraction of sp³-hybridized carbons (Fsp3) is 0.400. The second-order valence-corrected chi connectivity index (χ2v) is 5.29. The lowest BCUT2D eigenvalue weighted by molar-refractivity contribution is -0.124. The Bertz CT molecular complexity index is 816. The third-order valence-electron chi connectivity index (χ3n) is 3.15. The SMILES string of the molecule is Nc1nc2c(ncn2C2CC(=O)C(CO[P+](=O)O)O2)c(=O)[nH]1. The normalized spacial score (nSPS) is 22.4. The molecular weight excluding hydrogens is 317 g/mol. The molecule has 1 fully saturated rings. The van der Waals surface area contributed by atoms with Crippen LogP contribution in [-0.4, -0.2) is 42.9 Å². The highest BCUT2D eigenvalue weighted by Crippen LogP contribution is 2.29. The van der Waals surface area contributed by atoms with E-state index in [4.69, 9.17) is 15.4 Å². The Morgan fingerprint density at radius 3 is 3.09 bits per heavy atom. The number of nitrogen functional groups attached to an aromatic ring is 1. The Balaban J connectivity index is 1.88. The van der Waals surface area contributed by atoms with Gasteiger partial charge in [-0.05, 0) is 0 Å².